The van der Waals surface area contributed by atoms with E-state index in [1.165, 1.54) is 19.3 Å². The Bertz CT molecular complexity index is 550. The van der Waals surface area contributed by atoms with Crippen LogP contribution in [0, 0.1) is 5.92 Å². The third-order valence-corrected chi connectivity index (χ3v) is 5.05. The van der Waals surface area contributed by atoms with Gasteiger partial charge in [0.15, 0.2) is 0 Å². The molecule has 0 aromatic heterocycles. The number of phenols is 1. The number of carbonyl (C=O) groups is 1. The van der Waals surface area contributed by atoms with E-state index in [-0.39, 0.29) is 46.3 Å². The summed E-state index contributed by atoms with van der Waals surface area (Å²) in [4.78, 5) is 11.3. The number of unbranched alkanes of at least 4 members (excludes halogenated alkanes) is 3. The zero-order chi connectivity index (χ0) is 18.3. The SMILES string of the molecule is CCC(C)(C)c1cc(CCCCCCC(C)C)c(O)c(C(=O)[O-])c1.[Na+]. The maximum absolute atomic E-state index is 11.3. The molecule has 0 saturated heterocycles. The van der Waals surface area contributed by atoms with Crippen molar-refractivity contribution in [1.82, 2.24) is 0 Å². The summed E-state index contributed by atoms with van der Waals surface area (Å²) in [5.41, 5.74) is 1.49. The van der Waals surface area contributed by atoms with Gasteiger partial charge >= 0.3 is 29.6 Å². The Morgan fingerprint density at radius 2 is 1.76 bits per heavy atom. The van der Waals surface area contributed by atoms with Gasteiger partial charge in [-0.2, -0.15) is 0 Å². The molecule has 4 heteroatoms. The Balaban J connectivity index is 0.00000576. The minimum absolute atomic E-state index is 0. The van der Waals surface area contributed by atoms with Gasteiger partial charge in [-0.3, -0.25) is 0 Å². The number of rotatable bonds is 10. The fourth-order valence-corrected chi connectivity index (χ4v) is 2.86. The Hall–Kier alpha value is -0.510. The molecule has 0 heterocycles. The van der Waals surface area contributed by atoms with Gasteiger partial charge in [0.25, 0.3) is 0 Å². The molecule has 1 rings (SSSR count). The van der Waals surface area contributed by atoms with Crippen LogP contribution in [-0.2, 0) is 11.8 Å². The Labute approximate surface area is 175 Å². The first-order valence-electron chi connectivity index (χ1n) is 9.26. The van der Waals surface area contributed by atoms with E-state index in [9.17, 15) is 15.0 Å². The van der Waals surface area contributed by atoms with Gasteiger partial charge in [-0.15, -0.1) is 0 Å². The average molecular weight is 356 g/mol. The van der Waals surface area contributed by atoms with Gasteiger partial charge in [-0.25, -0.2) is 0 Å². The Morgan fingerprint density at radius 1 is 1.16 bits per heavy atom. The first-order chi connectivity index (χ1) is 11.2. The molecule has 0 spiro atoms. The van der Waals surface area contributed by atoms with Crippen LogP contribution in [0.15, 0.2) is 12.1 Å². The topological polar surface area (TPSA) is 60.4 Å². The number of aromatic carboxylic acids is 1. The van der Waals surface area contributed by atoms with Gasteiger partial charge in [0.2, 0.25) is 0 Å². The molecule has 0 amide bonds. The van der Waals surface area contributed by atoms with E-state index in [0.717, 1.165) is 36.3 Å². The zero-order valence-corrected chi connectivity index (χ0v) is 18.9. The number of aromatic hydroxyl groups is 1. The maximum Gasteiger partial charge on any atom is 1.00 e. The predicted octanol–water partition coefficient (Wildman–Crippen LogP) is 1.60. The Morgan fingerprint density at radius 3 is 2.28 bits per heavy atom. The average Bonchev–Trinajstić information content (AvgIpc) is 2.51. The van der Waals surface area contributed by atoms with Gasteiger partial charge in [-0.1, -0.05) is 66.4 Å². The molecule has 0 aliphatic rings. The van der Waals surface area contributed by atoms with Gasteiger partial charge in [0.05, 0.1) is 5.97 Å². The first kappa shape index (κ1) is 24.5. The molecule has 0 fully saturated rings. The molecule has 0 saturated carbocycles. The van der Waals surface area contributed by atoms with Crippen LogP contribution < -0.4 is 34.7 Å². The molecular weight excluding hydrogens is 323 g/mol. The second kappa shape index (κ2) is 11.3. The molecule has 1 aromatic rings. The van der Waals surface area contributed by atoms with E-state index in [2.05, 4.69) is 34.6 Å². The van der Waals surface area contributed by atoms with E-state index in [4.69, 9.17) is 0 Å². The van der Waals surface area contributed by atoms with E-state index >= 15 is 0 Å². The first-order valence-corrected chi connectivity index (χ1v) is 9.26. The van der Waals surface area contributed by atoms with Crippen LogP contribution in [-0.4, -0.2) is 11.1 Å². The number of hydrogen-bond acceptors (Lipinski definition) is 3. The minimum Gasteiger partial charge on any atom is -0.545 e. The third-order valence-electron chi connectivity index (χ3n) is 5.05. The zero-order valence-electron chi connectivity index (χ0n) is 16.9. The van der Waals surface area contributed by atoms with Crippen molar-refractivity contribution in [1.29, 1.82) is 0 Å². The molecule has 0 atom stereocenters. The van der Waals surface area contributed by atoms with Crippen molar-refractivity contribution >= 4 is 5.97 Å². The summed E-state index contributed by atoms with van der Waals surface area (Å²) >= 11 is 0. The molecule has 1 aromatic carbocycles. The van der Waals surface area contributed by atoms with Gasteiger partial charge in [0.1, 0.15) is 5.75 Å². The number of carboxylic acids is 1. The second-order valence-electron chi connectivity index (χ2n) is 7.90. The molecule has 3 nitrogen and oxygen atoms in total. The van der Waals surface area contributed by atoms with E-state index in [1.807, 2.05) is 6.07 Å². The smallest absolute Gasteiger partial charge is 0.545 e. The summed E-state index contributed by atoms with van der Waals surface area (Å²) in [5.74, 6) is -0.681. The number of aryl methyl sites for hydroxylation is 1. The van der Waals surface area contributed by atoms with Crippen molar-refractivity contribution in [3.63, 3.8) is 0 Å². The summed E-state index contributed by atoms with van der Waals surface area (Å²) < 4.78 is 0. The second-order valence-corrected chi connectivity index (χ2v) is 7.90. The number of benzene rings is 1. The van der Waals surface area contributed by atoms with Gasteiger partial charge in [-0.05, 0) is 47.8 Å². The Kier molecular flexibility index (Phi) is 11.0. The van der Waals surface area contributed by atoms with Crippen molar-refractivity contribution in [3.8, 4) is 5.75 Å². The van der Waals surface area contributed by atoms with E-state index < -0.39 is 5.97 Å². The molecule has 25 heavy (non-hydrogen) atoms. The summed E-state index contributed by atoms with van der Waals surface area (Å²) in [7, 11) is 0. The standard InChI is InChI=1S/C21H34O3.Na/c1-6-21(4,5)17-13-16(19(22)18(14-17)20(23)24)12-10-8-7-9-11-15(2)3;/h13-15,22H,6-12H2,1-5H3,(H,23,24);/q;+1/p-1. The summed E-state index contributed by atoms with van der Waals surface area (Å²) in [6.45, 7) is 10.7. The fourth-order valence-electron chi connectivity index (χ4n) is 2.86. The molecule has 0 bridgehead atoms. The van der Waals surface area contributed by atoms with Crippen LogP contribution in [0.3, 0.4) is 0 Å². The summed E-state index contributed by atoms with van der Waals surface area (Å²) in [6.07, 6.45) is 7.35. The molecular formula is C21H33NaO3. The van der Waals surface area contributed by atoms with Crippen LogP contribution in [0.4, 0.5) is 0 Å². The van der Waals surface area contributed by atoms with Crippen molar-refractivity contribution in [2.75, 3.05) is 0 Å². The number of carbonyl (C=O) groups excluding carboxylic acids is 1. The largest absolute Gasteiger partial charge is 1.00 e. The molecule has 0 aliphatic heterocycles. The van der Waals surface area contributed by atoms with Crippen LogP contribution in [0.1, 0.15) is 94.6 Å². The van der Waals surface area contributed by atoms with Crippen molar-refractivity contribution in [3.05, 3.63) is 28.8 Å². The van der Waals surface area contributed by atoms with Crippen LogP contribution in [0.5, 0.6) is 5.75 Å². The number of carboxylic acid groups (broad SMARTS) is 1. The maximum atomic E-state index is 11.3. The van der Waals surface area contributed by atoms with Crippen LogP contribution >= 0.6 is 0 Å². The van der Waals surface area contributed by atoms with Crippen molar-refractivity contribution in [2.45, 2.75) is 85.0 Å². The van der Waals surface area contributed by atoms with Crippen LogP contribution in [0.25, 0.3) is 0 Å². The van der Waals surface area contributed by atoms with Crippen LogP contribution in [0.2, 0.25) is 0 Å². The molecule has 0 radical (unpaired) electrons. The minimum atomic E-state index is -1.31. The normalized spacial score (nSPS) is 11.4. The van der Waals surface area contributed by atoms with E-state index in [1.54, 1.807) is 6.07 Å². The summed E-state index contributed by atoms with van der Waals surface area (Å²) in [5, 5.41) is 21.6. The van der Waals surface area contributed by atoms with Gasteiger partial charge < -0.3 is 15.0 Å². The van der Waals surface area contributed by atoms with E-state index in [0.29, 0.717) is 6.42 Å². The predicted molar refractivity (Wildman–Crippen MR) is 97.4 cm³/mol. The summed E-state index contributed by atoms with van der Waals surface area (Å²) in [6, 6.07) is 3.54. The molecule has 0 unspecified atom stereocenters. The molecule has 136 valence electrons. The monoisotopic (exact) mass is 356 g/mol. The van der Waals surface area contributed by atoms with Crippen molar-refractivity contribution in [2.24, 2.45) is 5.92 Å². The third kappa shape index (κ3) is 7.72. The van der Waals surface area contributed by atoms with Crippen molar-refractivity contribution < 1.29 is 44.6 Å². The quantitative estimate of drug-likeness (QED) is 0.512. The number of hydrogen-bond donors (Lipinski definition) is 1. The fraction of sp³-hybridized carbons (Fsp3) is 0.667. The van der Waals surface area contributed by atoms with Gasteiger partial charge in [0, 0.05) is 5.56 Å². The molecule has 1 N–H and O–H groups in total. The molecule has 0 aliphatic carbocycles.